The molecule has 0 unspecified atom stereocenters. The lowest BCUT2D eigenvalue weighted by Crippen LogP contribution is -2.34. The van der Waals surface area contributed by atoms with Crippen molar-refractivity contribution in [3.8, 4) is 0 Å². The Bertz CT molecular complexity index is 403. The molecule has 2 rings (SSSR count). The number of likely N-dealkylation sites (tertiary alicyclic amines) is 1. The van der Waals surface area contributed by atoms with Gasteiger partial charge < -0.3 is 5.32 Å². The Morgan fingerprint density at radius 1 is 1.37 bits per heavy atom. The first-order valence-electron chi connectivity index (χ1n) is 7.00. The summed E-state index contributed by atoms with van der Waals surface area (Å²) in [5, 5.41) is 3.21. The van der Waals surface area contributed by atoms with Crippen LogP contribution in [-0.2, 0) is 6.54 Å². The lowest BCUT2D eigenvalue weighted by atomic mass is 9.93. The Balaban J connectivity index is 1.83. The summed E-state index contributed by atoms with van der Waals surface area (Å²) in [4.78, 5) is 2.36. The van der Waals surface area contributed by atoms with Crippen molar-refractivity contribution in [3.05, 3.63) is 34.1 Å². The smallest absolute Gasteiger partial charge is 0.127 e. The van der Waals surface area contributed by atoms with E-state index in [1.54, 1.807) is 12.1 Å². The summed E-state index contributed by atoms with van der Waals surface area (Å²) in [7, 11) is 2.01. The number of rotatable bonds is 5. The van der Waals surface area contributed by atoms with Crippen LogP contribution in [0.5, 0.6) is 0 Å². The number of hydrogen-bond donors (Lipinski definition) is 1. The van der Waals surface area contributed by atoms with Gasteiger partial charge in [0.25, 0.3) is 0 Å². The summed E-state index contributed by atoms with van der Waals surface area (Å²) in [6.07, 6.45) is 3.73. The van der Waals surface area contributed by atoms with Gasteiger partial charge in [-0.2, -0.15) is 0 Å². The van der Waals surface area contributed by atoms with Crippen LogP contribution in [0.1, 0.15) is 24.8 Å². The van der Waals surface area contributed by atoms with Gasteiger partial charge in [-0.25, -0.2) is 4.39 Å². The summed E-state index contributed by atoms with van der Waals surface area (Å²) in [5.41, 5.74) is 0.794. The average Bonchev–Trinajstić information content (AvgIpc) is 2.42. The van der Waals surface area contributed by atoms with E-state index >= 15 is 0 Å². The maximum Gasteiger partial charge on any atom is 0.127 e. The van der Waals surface area contributed by atoms with Gasteiger partial charge in [-0.15, -0.1) is 0 Å². The number of hydrogen-bond acceptors (Lipinski definition) is 2. The fourth-order valence-electron chi connectivity index (χ4n) is 2.69. The van der Waals surface area contributed by atoms with Gasteiger partial charge in [0.2, 0.25) is 0 Å². The van der Waals surface area contributed by atoms with Gasteiger partial charge in [0, 0.05) is 16.6 Å². The number of nitrogens with zero attached hydrogens (tertiary/aromatic N) is 1. The first-order chi connectivity index (χ1) is 9.19. The fourth-order valence-corrected chi connectivity index (χ4v) is 3.10. The molecule has 4 heteroatoms. The van der Waals surface area contributed by atoms with Gasteiger partial charge in [0.05, 0.1) is 0 Å². The molecule has 0 bridgehead atoms. The van der Waals surface area contributed by atoms with Crippen molar-refractivity contribution in [3.63, 3.8) is 0 Å². The zero-order valence-electron chi connectivity index (χ0n) is 11.5. The molecule has 1 aromatic rings. The third-order valence-electron chi connectivity index (χ3n) is 3.91. The van der Waals surface area contributed by atoms with Crippen molar-refractivity contribution in [1.29, 1.82) is 0 Å². The van der Waals surface area contributed by atoms with Crippen molar-refractivity contribution >= 4 is 15.9 Å². The van der Waals surface area contributed by atoms with Crippen LogP contribution < -0.4 is 5.32 Å². The molecule has 0 radical (unpaired) electrons. The molecule has 19 heavy (non-hydrogen) atoms. The predicted octanol–water partition coefficient (Wildman–Crippen LogP) is 3.41. The summed E-state index contributed by atoms with van der Waals surface area (Å²) < 4.78 is 14.7. The quantitative estimate of drug-likeness (QED) is 0.891. The molecule has 0 spiro atoms. The highest BCUT2D eigenvalue weighted by atomic mass is 79.9. The van der Waals surface area contributed by atoms with Crippen LogP contribution in [0.15, 0.2) is 22.7 Å². The third kappa shape index (κ3) is 4.55. The predicted molar refractivity (Wildman–Crippen MR) is 80.6 cm³/mol. The monoisotopic (exact) mass is 328 g/mol. The van der Waals surface area contributed by atoms with Crippen LogP contribution in [-0.4, -0.2) is 31.6 Å². The van der Waals surface area contributed by atoms with Crippen molar-refractivity contribution < 1.29 is 4.39 Å². The molecule has 2 nitrogen and oxygen atoms in total. The third-order valence-corrected chi connectivity index (χ3v) is 4.40. The first kappa shape index (κ1) is 14.9. The molecule has 0 amide bonds. The second-order valence-electron chi connectivity index (χ2n) is 5.35. The first-order valence-corrected chi connectivity index (χ1v) is 7.79. The Labute approximate surface area is 123 Å². The molecule has 1 N–H and O–H groups in total. The lowest BCUT2D eigenvalue weighted by Gasteiger charge is -2.32. The van der Waals surface area contributed by atoms with Crippen molar-refractivity contribution in [2.75, 3.05) is 26.7 Å². The van der Waals surface area contributed by atoms with E-state index in [2.05, 4.69) is 26.1 Å². The standard InChI is InChI=1S/C15H22BrFN2/c1-18-7-4-12-5-8-19(9-6-12)11-13-10-14(16)2-3-15(13)17/h2-3,10,12,18H,4-9,11H2,1H3. The molecule has 106 valence electrons. The second-order valence-corrected chi connectivity index (χ2v) is 6.26. The maximum absolute atomic E-state index is 13.7. The minimum absolute atomic E-state index is 0.0968. The van der Waals surface area contributed by atoms with Crippen molar-refractivity contribution in [2.45, 2.75) is 25.8 Å². The Kier molecular flexibility index (Phi) is 5.79. The highest BCUT2D eigenvalue weighted by Gasteiger charge is 2.19. The Hall–Kier alpha value is -0.450. The molecule has 0 saturated carbocycles. The number of benzene rings is 1. The number of nitrogens with one attached hydrogen (secondary N) is 1. The minimum atomic E-state index is -0.0968. The van der Waals surface area contributed by atoms with Crippen LogP contribution in [0.4, 0.5) is 4.39 Å². The molecule has 1 aliphatic rings. The van der Waals surface area contributed by atoms with E-state index in [1.807, 2.05) is 13.1 Å². The second kappa shape index (κ2) is 7.36. The zero-order chi connectivity index (χ0) is 13.7. The van der Waals surface area contributed by atoms with Crippen LogP contribution in [0.25, 0.3) is 0 Å². The topological polar surface area (TPSA) is 15.3 Å². The van der Waals surface area contributed by atoms with E-state index in [0.717, 1.165) is 42.1 Å². The van der Waals surface area contributed by atoms with E-state index in [1.165, 1.54) is 19.3 Å². The van der Waals surface area contributed by atoms with E-state index in [4.69, 9.17) is 0 Å². The normalized spacial score (nSPS) is 17.8. The highest BCUT2D eigenvalue weighted by molar-refractivity contribution is 9.10. The molecule has 0 aliphatic carbocycles. The van der Waals surface area contributed by atoms with Gasteiger partial charge >= 0.3 is 0 Å². The van der Waals surface area contributed by atoms with E-state index in [0.29, 0.717) is 0 Å². The van der Waals surface area contributed by atoms with Crippen LogP contribution in [0, 0.1) is 11.7 Å². The van der Waals surface area contributed by atoms with Crippen LogP contribution >= 0.6 is 15.9 Å². The van der Waals surface area contributed by atoms with Crippen LogP contribution in [0.3, 0.4) is 0 Å². The summed E-state index contributed by atoms with van der Waals surface area (Å²) in [6, 6.07) is 5.18. The van der Waals surface area contributed by atoms with Gasteiger partial charge in [-0.1, -0.05) is 15.9 Å². The van der Waals surface area contributed by atoms with Crippen LogP contribution in [0.2, 0.25) is 0 Å². The van der Waals surface area contributed by atoms with Gasteiger partial charge in [0.1, 0.15) is 5.82 Å². The molecule has 1 aliphatic heterocycles. The summed E-state index contributed by atoms with van der Waals surface area (Å²) >= 11 is 3.41. The molecule has 0 aromatic heterocycles. The summed E-state index contributed by atoms with van der Waals surface area (Å²) in [6.45, 7) is 4.00. The zero-order valence-corrected chi connectivity index (χ0v) is 13.0. The SMILES string of the molecule is CNCCC1CCN(Cc2cc(Br)ccc2F)CC1. The lowest BCUT2D eigenvalue weighted by molar-refractivity contribution is 0.170. The molecular weight excluding hydrogens is 307 g/mol. The van der Waals surface area contributed by atoms with Gasteiger partial charge in [-0.05, 0) is 70.1 Å². The van der Waals surface area contributed by atoms with E-state index in [-0.39, 0.29) is 5.82 Å². The number of piperidine rings is 1. The van der Waals surface area contributed by atoms with Crippen molar-refractivity contribution in [2.24, 2.45) is 5.92 Å². The number of halogens is 2. The molecule has 1 heterocycles. The fraction of sp³-hybridized carbons (Fsp3) is 0.600. The maximum atomic E-state index is 13.7. The Morgan fingerprint density at radius 3 is 2.79 bits per heavy atom. The molecule has 1 saturated heterocycles. The Morgan fingerprint density at radius 2 is 2.11 bits per heavy atom. The molecule has 1 aromatic carbocycles. The molecule has 1 fully saturated rings. The van der Waals surface area contributed by atoms with Gasteiger partial charge in [0.15, 0.2) is 0 Å². The largest absolute Gasteiger partial charge is 0.320 e. The highest BCUT2D eigenvalue weighted by Crippen LogP contribution is 2.23. The average molecular weight is 329 g/mol. The molecule has 0 atom stereocenters. The van der Waals surface area contributed by atoms with E-state index in [9.17, 15) is 4.39 Å². The summed E-state index contributed by atoms with van der Waals surface area (Å²) in [5.74, 6) is 0.733. The molecular formula is C15H22BrFN2. The van der Waals surface area contributed by atoms with Crippen molar-refractivity contribution in [1.82, 2.24) is 10.2 Å². The van der Waals surface area contributed by atoms with E-state index < -0.39 is 0 Å². The minimum Gasteiger partial charge on any atom is -0.320 e. The van der Waals surface area contributed by atoms with Gasteiger partial charge in [-0.3, -0.25) is 4.90 Å².